The molecule has 0 amide bonds. The molecule has 0 saturated heterocycles. The molecule has 15 nitrogen and oxygen atoms in total. The summed E-state index contributed by atoms with van der Waals surface area (Å²) in [6, 6.07) is 110. The Morgan fingerprint density at radius 1 is 0.239 bits per heavy atom. The van der Waals surface area contributed by atoms with Crippen LogP contribution in [-0.2, 0) is 6.18 Å². The Labute approximate surface area is 668 Å². The van der Waals surface area contributed by atoms with Gasteiger partial charge in [-0.1, -0.05) is 297 Å². The van der Waals surface area contributed by atoms with E-state index in [0.29, 0.717) is 137 Å². The highest BCUT2D eigenvalue weighted by Crippen LogP contribution is 2.47. The highest BCUT2D eigenvalue weighted by atomic mass is 19.4. The third-order valence-corrected chi connectivity index (χ3v) is 20.8. The van der Waals surface area contributed by atoms with Gasteiger partial charge < -0.3 is 9.13 Å². The van der Waals surface area contributed by atoms with E-state index in [9.17, 15) is 6.57 Å². The van der Waals surface area contributed by atoms with Gasteiger partial charge in [-0.15, -0.1) is 0 Å². The van der Waals surface area contributed by atoms with E-state index in [0.717, 1.165) is 72.1 Å². The third kappa shape index (κ3) is 13.4. The van der Waals surface area contributed by atoms with Crippen LogP contribution in [0.2, 0.25) is 0 Å². The van der Waals surface area contributed by atoms with Crippen molar-refractivity contribution in [2.24, 2.45) is 0 Å². The molecular weight excluding hydrogens is 1460 g/mol. The topological polar surface area (TPSA) is 169 Å². The van der Waals surface area contributed by atoms with Gasteiger partial charge in [-0.25, -0.2) is 64.7 Å². The van der Waals surface area contributed by atoms with E-state index < -0.39 is 11.7 Å². The molecule has 6 aromatic heterocycles. The van der Waals surface area contributed by atoms with Gasteiger partial charge in [0.1, 0.15) is 0 Å². The summed E-state index contributed by atoms with van der Waals surface area (Å²) in [5.41, 5.74) is 12.0. The number of alkyl halides is 3. The molecule has 0 fully saturated rings. The fraction of sp³-hybridized carbons (Fsp3) is 0.0202. The van der Waals surface area contributed by atoms with Gasteiger partial charge >= 0.3 is 6.18 Å². The van der Waals surface area contributed by atoms with E-state index in [1.165, 1.54) is 6.07 Å². The minimum atomic E-state index is -4.79. The summed E-state index contributed by atoms with van der Waals surface area (Å²) in [7, 11) is 0. The van der Waals surface area contributed by atoms with Gasteiger partial charge in [-0.05, 0) is 66.6 Å². The Balaban J connectivity index is 0.888. The summed E-state index contributed by atoms with van der Waals surface area (Å²) in [5.74, 6) is 5.04. The second-order valence-corrected chi connectivity index (χ2v) is 28.3. The first-order valence-electron chi connectivity index (χ1n) is 37.8. The van der Waals surface area contributed by atoms with Gasteiger partial charge in [0.25, 0.3) is 0 Å². The average molecular weight is 1520 g/mol. The van der Waals surface area contributed by atoms with Crippen LogP contribution >= 0.6 is 0 Å². The monoisotopic (exact) mass is 1520 g/mol. The van der Waals surface area contributed by atoms with Crippen molar-refractivity contribution in [2.45, 2.75) is 13.1 Å². The van der Waals surface area contributed by atoms with Gasteiger partial charge in [0.05, 0.1) is 39.9 Å². The van der Waals surface area contributed by atoms with Crippen LogP contribution < -0.4 is 0 Å². The van der Waals surface area contributed by atoms with E-state index >= 15 is 13.2 Å². The molecule has 6 heterocycles. The van der Waals surface area contributed by atoms with Gasteiger partial charge in [-0.2, -0.15) is 13.2 Å². The molecule has 117 heavy (non-hydrogen) atoms. The van der Waals surface area contributed by atoms with E-state index in [2.05, 4.69) is 4.85 Å². The van der Waals surface area contributed by atoms with Crippen LogP contribution in [0.3, 0.4) is 0 Å². The Kier molecular flexibility index (Phi) is 17.5. The second-order valence-electron chi connectivity index (χ2n) is 28.3. The SMILES string of the molecule is [C-]#[N+]c1cc(-n2c3cc(-c4nc(-c5ccccc5)nc(-c5ccccc5)n4)ccc3c3ccc(-c4nc(-c5ccccc5)nc(-c5ccccc5)n4)cc32)c(-c2cc(C)cc(C(F)(F)F)c2)cc1-n1c2cc(-c3nc(-c4ccccc4)nc(-c4ccccc4)n3)ccc2c2ccc(-c3nc(-c4ccccc4)nc(-c4ccccc4)n3)cc21. The van der Waals surface area contributed by atoms with Crippen LogP contribution in [-0.4, -0.2) is 68.9 Å². The second kappa shape index (κ2) is 29.3. The number of aryl methyl sites for hydroxylation is 1. The highest BCUT2D eigenvalue weighted by Gasteiger charge is 2.33. The molecule has 20 aromatic rings. The van der Waals surface area contributed by atoms with Crippen molar-refractivity contribution in [2.75, 3.05) is 0 Å². The summed E-state index contributed by atoms with van der Waals surface area (Å²) < 4.78 is 51.8. The summed E-state index contributed by atoms with van der Waals surface area (Å²) in [6.07, 6.45) is -4.79. The maximum absolute atomic E-state index is 15.9. The summed E-state index contributed by atoms with van der Waals surface area (Å²) in [4.78, 5) is 66.3. The number of aromatic nitrogens is 14. The van der Waals surface area contributed by atoms with Crippen molar-refractivity contribution in [1.82, 2.24) is 68.9 Å². The number of hydrogen-bond donors (Lipinski definition) is 0. The van der Waals surface area contributed by atoms with Gasteiger partial charge in [0, 0.05) is 99.6 Å². The lowest BCUT2D eigenvalue weighted by molar-refractivity contribution is -0.137. The van der Waals surface area contributed by atoms with Crippen LogP contribution in [0.4, 0.5) is 18.9 Å². The lowest BCUT2D eigenvalue weighted by atomic mass is 9.97. The number of fused-ring (bicyclic) bond motifs is 6. The molecule has 0 N–H and O–H groups in total. The van der Waals surface area contributed by atoms with Crippen molar-refractivity contribution < 1.29 is 13.2 Å². The first-order chi connectivity index (χ1) is 57.4. The summed E-state index contributed by atoms with van der Waals surface area (Å²) in [5, 5.41) is 3.08. The molecule has 0 aliphatic carbocycles. The van der Waals surface area contributed by atoms with E-state index in [4.69, 9.17) is 59.8 Å². The van der Waals surface area contributed by atoms with Crippen LogP contribution in [0, 0.1) is 13.5 Å². The zero-order valence-electron chi connectivity index (χ0n) is 62.3. The maximum atomic E-state index is 15.9. The fourth-order valence-corrected chi connectivity index (χ4v) is 15.2. The Morgan fingerprint density at radius 3 is 0.701 bits per heavy atom. The van der Waals surface area contributed by atoms with Crippen molar-refractivity contribution in [3.05, 3.63) is 368 Å². The first-order valence-corrected chi connectivity index (χ1v) is 37.8. The summed E-state index contributed by atoms with van der Waals surface area (Å²) >= 11 is 0. The number of benzene rings is 14. The van der Waals surface area contributed by atoms with E-state index in [-0.39, 0.29) is 11.3 Å². The number of nitrogens with zero attached hydrogens (tertiary/aromatic N) is 15. The normalized spacial score (nSPS) is 11.6. The minimum Gasteiger partial charge on any atom is -0.319 e. The lowest BCUT2D eigenvalue weighted by Crippen LogP contribution is -2.06. The van der Waals surface area contributed by atoms with Crippen molar-refractivity contribution in [1.29, 1.82) is 0 Å². The molecule has 20 rings (SSSR count). The number of halogens is 3. The molecule has 0 bridgehead atoms. The summed E-state index contributed by atoms with van der Waals surface area (Å²) in [6.45, 7) is 11.3. The zero-order chi connectivity index (χ0) is 78.7. The standard InChI is InChI=1S/C99H60F3N15/c1-60-51-73(53-74(52-60)99(100,101)102)79-58-86(117-83-56-71(97-112-91(65-35-19-7-20-36-65)106-92(113-97)66-37-21-8-22-38-66)45-49-77(83)78-50-46-72(57-84(78)117)98-114-93(67-39-23-9-24-40-67)107-94(115-98)68-41-25-10-26-42-68)80(103-2)59-85(79)116-81-54-69(95-108-87(61-27-11-3-12-28-61)104-88(109-95)62-29-13-4-14-30-62)43-47-75(81)76-48-44-70(55-82(76)116)96-110-89(63-31-15-5-16-32-63)105-90(111-96)64-33-17-6-18-34-64/h3-59H,1H3. The van der Waals surface area contributed by atoms with Crippen molar-refractivity contribution >= 4 is 49.3 Å². The van der Waals surface area contributed by atoms with Crippen LogP contribution in [0.25, 0.3) is 208 Å². The predicted molar refractivity (Wildman–Crippen MR) is 455 cm³/mol. The number of hydrogen-bond acceptors (Lipinski definition) is 12. The smallest absolute Gasteiger partial charge is 0.319 e. The lowest BCUT2D eigenvalue weighted by Gasteiger charge is -2.20. The molecule has 18 heteroatoms. The Morgan fingerprint density at radius 2 is 0.470 bits per heavy atom. The molecule has 0 spiro atoms. The van der Waals surface area contributed by atoms with E-state index in [1.54, 1.807) is 19.1 Å². The number of rotatable bonds is 15. The average Bonchev–Trinajstić information content (AvgIpc) is 1.54. The zero-order valence-corrected chi connectivity index (χ0v) is 62.3. The first kappa shape index (κ1) is 70.1. The molecule has 0 radical (unpaired) electrons. The predicted octanol–water partition coefficient (Wildman–Crippen LogP) is 24.2. The van der Waals surface area contributed by atoms with Crippen LogP contribution in [0.1, 0.15) is 11.1 Å². The Bertz CT molecular complexity index is 6690. The molecule has 0 aliphatic rings. The molecule has 0 saturated carbocycles. The minimum absolute atomic E-state index is 0.139. The molecular formula is C99H60F3N15. The Hall–Kier alpha value is -16.0. The largest absolute Gasteiger partial charge is 0.416 e. The molecule has 14 aromatic carbocycles. The van der Waals surface area contributed by atoms with Gasteiger partial charge in [-0.3, -0.25) is 0 Å². The van der Waals surface area contributed by atoms with Crippen molar-refractivity contribution in [3.8, 4) is 159 Å². The highest BCUT2D eigenvalue weighted by molar-refractivity contribution is 6.14. The van der Waals surface area contributed by atoms with E-state index in [1.807, 2.05) is 331 Å². The third-order valence-electron chi connectivity index (χ3n) is 20.8. The van der Waals surface area contributed by atoms with Gasteiger partial charge in [0.15, 0.2) is 69.9 Å². The molecule has 0 aliphatic heterocycles. The molecule has 552 valence electrons. The van der Waals surface area contributed by atoms with Crippen LogP contribution in [0.15, 0.2) is 346 Å². The van der Waals surface area contributed by atoms with Gasteiger partial charge in [0.2, 0.25) is 5.69 Å². The van der Waals surface area contributed by atoms with Crippen molar-refractivity contribution in [3.63, 3.8) is 0 Å². The molecule has 0 atom stereocenters. The maximum Gasteiger partial charge on any atom is 0.416 e. The quantitative estimate of drug-likeness (QED) is 0.0892. The fourth-order valence-electron chi connectivity index (χ4n) is 15.2. The molecule has 0 unspecified atom stereocenters. The van der Waals surface area contributed by atoms with Crippen LogP contribution in [0.5, 0.6) is 0 Å².